The first-order chi connectivity index (χ1) is 9.63. The fourth-order valence-electron chi connectivity index (χ4n) is 1.77. The summed E-state index contributed by atoms with van der Waals surface area (Å²) in [5, 5.41) is 3.84. The molecular weight excluding hydrogens is 255 g/mol. The maximum atomic E-state index is 12.7. The summed E-state index contributed by atoms with van der Waals surface area (Å²) in [6.07, 6.45) is 1.76. The second kappa shape index (κ2) is 6.61. The Hall–Kier alpha value is -2.49. The maximum Gasteiger partial charge on any atom is 0.244 e. The monoisotopic (exact) mass is 270 g/mol. The average Bonchev–Trinajstić information content (AvgIpc) is 2.41. The van der Waals surface area contributed by atoms with Crippen LogP contribution in [0.25, 0.3) is 0 Å². The summed E-state index contributed by atoms with van der Waals surface area (Å²) < 4.78 is 12.7. The zero-order valence-electron chi connectivity index (χ0n) is 11.1. The summed E-state index contributed by atoms with van der Waals surface area (Å²) >= 11 is 0. The summed E-state index contributed by atoms with van der Waals surface area (Å²) in [6.45, 7) is 1.98. The van der Waals surface area contributed by atoms with Crippen LogP contribution in [-0.2, 0) is 11.2 Å². The molecule has 0 saturated heterocycles. The van der Waals surface area contributed by atoms with Crippen molar-refractivity contribution in [3.8, 4) is 0 Å². The van der Waals surface area contributed by atoms with E-state index < -0.39 is 0 Å². The lowest BCUT2D eigenvalue weighted by atomic mass is 10.1. The van der Waals surface area contributed by atoms with Crippen LogP contribution in [0.2, 0.25) is 0 Å². The number of hydrogen-bond donors (Lipinski definition) is 1. The number of nitrogens with one attached hydrogen (secondary N) is 1. The minimum Gasteiger partial charge on any atom is -0.273 e. The van der Waals surface area contributed by atoms with Crippen molar-refractivity contribution >= 4 is 12.1 Å². The predicted molar refractivity (Wildman–Crippen MR) is 77.0 cm³/mol. The van der Waals surface area contributed by atoms with Gasteiger partial charge in [0.25, 0.3) is 0 Å². The van der Waals surface area contributed by atoms with E-state index in [4.69, 9.17) is 0 Å². The standard InChI is InChI=1S/C16H15FN2O/c1-12-3-2-4-14(9-12)10-16(20)19-18-11-13-5-7-15(17)8-6-13/h2-9,11H,10H2,1H3,(H,19,20)/b18-11+. The second-order valence-electron chi connectivity index (χ2n) is 4.51. The SMILES string of the molecule is Cc1cccc(CC(=O)N/N=C/c2ccc(F)cc2)c1. The zero-order chi connectivity index (χ0) is 14.4. The lowest BCUT2D eigenvalue weighted by molar-refractivity contribution is -0.120. The number of benzene rings is 2. The Bertz CT molecular complexity index is 621. The first-order valence-corrected chi connectivity index (χ1v) is 6.26. The van der Waals surface area contributed by atoms with E-state index in [9.17, 15) is 9.18 Å². The highest BCUT2D eigenvalue weighted by molar-refractivity contribution is 5.83. The number of halogens is 1. The van der Waals surface area contributed by atoms with Crippen molar-refractivity contribution in [2.24, 2.45) is 5.10 Å². The van der Waals surface area contributed by atoms with Crippen LogP contribution in [0.15, 0.2) is 53.6 Å². The summed E-state index contributed by atoms with van der Waals surface area (Å²) in [5.41, 5.74) is 5.23. The van der Waals surface area contributed by atoms with Gasteiger partial charge in [-0.2, -0.15) is 5.10 Å². The molecule has 0 radical (unpaired) electrons. The molecule has 1 N–H and O–H groups in total. The fourth-order valence-corrected chi connectivity index (χ4v) is 1.77. The summed E-state index contributed by atoms with van der Waals surface area (Å²) in [5.74, 6) is -0.486. The third kappa shape index (κ3) is 4.31. The molecule has 0 aliphatic carbocycles. The molecule has 0 saturated carbocycles. The number of nitrogens with zero attached hydrogens (tertiary/aromatic N) is 1. The Morgan fingerprint density at radius 1 is 1.25 bits per heavy atom. The Kier molecular flexibility index (Phi) is 4.60. The van der Waals surface area contributed by atoms with Gasteiger partial charge in [-0.25, -0.2) is 9.82 Å². The van der Waals surface area contributed by atoms with Crippen molar-refractivity contribution in [3.05, 3.63) is 71.0 Å². The van der Waals surface area contributed by atoms with Gasteiger partial charge in [0, 0.05) is 0 Å². The first-order valence-electron chi connectivity index (χ1n) is 6.26. The minimum absolute atomic E-state index is 0.186. The van der Waals surface area contributed by atoms with Gasteiger partial charge in [-0.15, -0.1) is 0 Å². The number of carbonyl (C=O) groups excluding carboxylic acids is 1. The van der Waals surface area contributed by atoms with Gasteiger partial charge in [-0.3, -0.25) is 4.79 Å². The number of amides is 1. The molecule has 20 heavy (non-hydrogen) atoms. The largest absolute Gasteiger partial charge is 0.273 e. The number of rotatable bonds is 4. The van der Waals surface area contributed by atoms with E-state index in [1.165, 1.54) is 18.3 Å². The summed E-state index contributed by atoms with van der Waals surface area (Å²) in [4.78, 5) is 11.7. The normalized spacial score (nSPS) is 10.7. The van der Waals surface area contributed by atoms with Crippen molar-refractivity contribution in [2.75, 3.05) is 0 Å². The second-order valence-corrected chi connectivity index (χ2v) is 4.51. The van der Waals surface area contributed by atoms with E-state index in [-0.39, 0.29) is 18.1 Å². The van der Waals surface area contributed by atoms with Crippen LogP contribution >= 0.6 is 0 Å². The lowest BCUT2D eigenvalue weighted by Crippen LogP contribution is -2.19. The highest BCUT2D eigenvalue weighted by atomic mass is 19.1. The Morgan fingerprint density at radius 2 is 2.00 bits per heavy atom. The van der Waals surface area contributed by atoms with Crippen molar-refractivity contribution in [1.82, 2.24) is 5.43 Å². The van der Waals surface area contributed by atoms with Crippen LogP contribution < -0.4 is 5.43 Å². The molecule has 3 nitrogen and oxygen atoms in total. The molecule has 4 heteroatoms. The van der Waals surface area contributed by atoms with Gasteiger partial charge in [0.1, 0.15) is 5.82 Å². The van der Waals surface area contributed by atoms with Gasteiger partial charge < -0.3 is 0 Å². The van der Waals surface area contributed by atoms with Crippen molar-refractivity contribution in [1.29, 1.82) is 0 Å². The van der Waals surface area contributed by atoms with Crippen molar-refractivity contribution < 1.29 is 9.18 Å². The van der Waals surface area contributed by atoms with Crippen molar-refractivity contribution in [3.63, 3.8) is 0 Å². The Morgan fingerprint density at radius 3 is 2.70 bits per heavy atom. The molecular formula is C16H15FN2O. The van der Waals surface area contributed by atoms with Gasteiger partial charge in [0.05, 0.1) is 12.6 Å². The topological polar surface area (TPSA) is 41.5 Å². The van der Waals surface area contributed by atoms with Crippen LogP contribution in [0, 0.1) is 12.7 Å². The van der Waals surface area contributed by atoms with Crippen LogP contribution in [0.5, 0.6) is 0 Å². The summed E-state index contributed by atoms with van der Waals surface area (Å²) in [6, 6.07) is 13.6. The first kappa shape index (κ1) is 13.9. The number of hydrogen-bond acceptors (Lipinski definition) is 2. The Balaban J connectivity index is 1.87. The van der Waals surface area contributed by atoms with Gasteiger partial charge in [0.15, 0.2) is 0 Å². The molecule has 0 aliphatic rings. The van der Waals surface area contributed by atoms with E-state index in [0.29, 0.717) is 0 Å². The van der Waals surface area contributed by atoms with E-state index in [1.54, 1.807) is 12.1 Å². The molecule has 0 spiro atoms. The maximum absolute atomic E-state index is 12.7. The summed E-state index contributed by atoms with van der Waals surface area (Å²) in [7, 11) is 0. The minimum atomic E-state index is -0.300. The van der Waals surface area contributed by atoms with Crippen LogP contribution in [0.4, 0.5) is 4.39 Å². The van der Waals surface area contributed by atoms with Crippen LogP contribution in [0.3, 0.4) is 0 Å². The highest BCUT2D eigenvalue weighted by Gasteiger charge is 2.01. The molecule has 102 valence electrons. The molecule has 2 aromatic carbocycles. The van der Waals surface area contributed by atoms with E-state index in [0.717, 1.165) is 16.7 Å². The van der Waals surface area contributed by atoms with E-state index in [1.807, 2.05) is 31.2 Å². The highest BCUT2D eigenvalue weighted by Crippen LogP contribution is 2.04. The molecule has 0 aliphatic heterocycles. The molecule has 0 fully saturated rings. The zero-order valence-corrected chi connectivity index (χ0v) is 11.1. The smallest absolute Gasteiger partial charge is 0.244 e. The van der Waals surface area contributed by atoms with Gasteiger partial charge in [-0.1, -0.05) is 42.0 Å². The van der Waals surface area contributed by atoms with Crippen molar-refractivity contribution in [2.45, 2.75) is 13.3 Å². The molecule has 1 amide bonds. The average molecular weight is 270 g/mol. The predicted octanol–water partition coefficient (Wildman–Crippen LogP) is 2.83. The molecule has 0 aromatic heterocycles. The molecule has 0 unspecified atom stereocenters. The van der Waals surface area contributed by atoms with Crippen LogP contribution in [-0.4, -0.2) is 12.1 Å². The molecule has 0 bridgehead atoms. The molecule has 0 atom stereocenters. The number of aryl methyl sites for hydroxylation is 1. The van der Waals surface area contributed by atoms with Gasteiger partial charge in [-0.05, 0) is 30.2 Å². The van der Waals surface area contributed by atoms with E-state index in [2.05, 4.69) is 10.5 Å². The van der Waals surface area contributed by atoms with Gasteiger partial charge in [0.2, 0.25) is 5.91 Å². The van der Waals surface area contributed by atoms with E-state index >= 15 is 0 Å². The number of carbonyl (C=O) groups is 1. The van der Waals surface area contributed by atoms with Gasteiger partial charge >= 0.3 is 0 Å². The third-order valence-electron chi connectivity index (χ3n) is 2.72. The lowest BCUT2D eigenvalue weighted by Gasteiger charge is -2.01. The molecule has 2 rings (SSSR count). The molecule has 0 heterocycles. The Labute approximate surface area is 117 Å². The fraction of sp³-hybridized carbons (Fsp3) is 0.125. The number of hydrazone groups is 1. The quantitative estimate of drug-likeness (QED) is 0.673. The third-order valence-corrected chi connectivity index (χ3v) is 2.72. The molecule has 2 aromatic rings. The van der Waals surface area contributed by atoms with Crippen LogP contribution in [0.1, 0.15) is 16.7 Å².